The van der Waals surface area contributed by atoms with Gasteiger partial charge in [-0.15, -0.1) is 0 Å². The number of aliphatic carboxylic acids is 1. The maximum Gasteiger partial charge on any atom is 0.326 e. The Kier molecular flexibility index (Phi) is 17.5. The molecular weight excluding hydrogens is 572 g/mol. The predicted molar refractivity (Wildman–Crippen MR) is 152 cm³/mol. The summed E-state index contributed by atoms with van der Waals surface area (Å²) >= 11 is 0. The van der Waals surface area contributed by atoms with Crippen molar-refractivity contribution in [2.24, 2.45) is 33.8 Å². The van der Waals surface area contributed by atoms with Crippen molar-refractivity contribution in [3.8, 4) is 0 Å². The number of hydrogen-bond acceptors (Lipinski definition) is 10. The Morgan fingerprint density at radius 2 is 1.35 bits per heavy atom. The van der Waals surface area contributed by atoms with Gasteiger partial charge in [-0.2, -0.15) is 0 Å². The number of carbonyl (C=O) groups is 7. The van der Waals surface area contributed by atoms with E-state index in [1.54, 1.807) is 13.8 Å². The van der Waals surface area contributed by atoms with Crippen molar-refractivity contribution in [1.82, 2.24) is 26.6 Å². The molecule has 0 aromatic carbocycles. The number of carbonyl (C=O) groups excluding carboxylic acids is 6. The minimum atomic E-state index is -1.60. The van der Waals surface area contributed by atoms with Gasteiger partial charge < -0.3 is 59.7 Å². The Labute approximate surface area is 248 Å². The second kappa shape index (κ2) is 19.6. The van der Waals surface area contributed by atoms with E-state index in [-0.39, 0.29) is 44.2 Å². The fourth-order valence-corrected chi connectivity index (χ4v) is 3.56. The van der Waals surface area contributed by atoms with Crippen LogP contribution in [0.25, 0.3) is 0 Å². The molecule has 19 nitrogen and oxygen atoms in total. The number of carboxylic acids is 1. The topological polar surface area (TPSA) is 337 Å². The zero-order valence-corrected chi connectivity index (χ0v) is 24.4. The standard InChI is InChI=1S/C24H44N10O9/c1-11(2)7-14(33-22(41)19(12(3)35)34-18(38)10-30-17(37)9-25)20(39)32-15(8-16(26)36)21(40)31-13(23(42)43)5-4-6-29-24(27)28/h11-15,19,35H,4-10,25H2,1-3H3,(H2,26,36)(H,30,37)(H,31,40)(H,32,39)(H,33,41)(H,34,38)(H,42,43)(H4,27,28,29)/t12-,13+,14+,15+,19+/m1/s1. The number of nitrogens with two attached hydrogens (primary N) is 4. The minimum absolute atomic E-state index is 0.0259. The van der Waals surface area contributed by atoms with Crippen molar-refractivity contribution < 1.29 is 43.8 Å². The Morgan fingerprint density at radius 1 is 0.791 bits per heavy atom. The summed E-state index contributed by atoms with van der Waals surface area (Å²) < 4.78 is 0. The molecule has 5 atom stereocenters. The SMILES string of the molecule is CC(C)C[C@H](NC(=O)[C@@H](NC(=O)CNC(=O)CN)[C@@H](C)O)C(=O)N[C@@H](CC(N)=O)C(=O)N[C@@H](CCCN=C(N)N)C(=O)O. The van der Waals surface area contributed by atoms with E-state index in [1.165, 1.54) is 6.92 Å². The number of aliphatic imine (C=N–C) groups is 1. The van der Waals surface area contributed by atoms with E-state index in [0.29, 0.717) is 0 Å². The molecule has 0 aliphatic rings. The number of primary amides is 1. The molecule has 0 aromatic heterocycles. The number of guanidine groups is 1. The molecule has 0 aliphatic heterocycles. The molecule has 0 unspecified atom stereocenters. The maximum atomic E-state index is 13.2. The van der Waals surface area contributed by atoms with Crippen molar-refractivity contribution in [2.45, 2.75) is 76.7 Å². The average Bonchev–Trinajstić information content (AvgIpc) is 2.89. The lowest BCUT2D eigenvalue weighted by Crippen LogP contribution is -2.60. The highest BCUT2D eigenvalue weighted by atomic mass is 16.4. The van der Waals surface area contributed by atoms with Crippen LogP contribution in [0.1, 0.15) is 46.5 Å². The lowest BCUT2D eigenvalue weighted by molar-refractivity contribution is -0.142. The summed E-state index contributed by atoms with van der Waals surface area (Å²) in [6, 6.07) is -5.87. The van der Waals surface area contributed by atoms with Crippen LogP contribution in [0.4, 0.5) is 0 Å². The van der Waals surface area contributed by atoms with Gasteiger partial charge in [0.2, 0.25) is 35.4 Å². The Bertz CT molecular complexity index is 1030. The number of amides is 6. The zero-order valence-electron chi connectivity index (χ0n) is 24.4. The lowest BCUT2D eigenvalue weighted by Gasteiger charge is -2.27. The predicted octanol–water partition coefficient (Wildman–Crippen LogP) is -5.56. The minimum Gasteiger partial charge on any atom is -0.480 e. The van der Waals surface area contributed by atoms with Crippen LogP contribution in [-0.4, -0.2) is 107 Å². The summed E-state index contributed by atoms with van der Waals surface area (Å²) in [5.74, 6) is -7.11. The lowest BCUT2D eigenvalue weighted by atomic mass is 10.0. The van der Waals surface area contributed by atoms with Gasteiger partial charge in [0.25, 0.3) is 0 Å². The van der Waals surface area contributed by atoms with Crippen LogP contribution in [0, 0.1) is 5.92 Å². The van der Waals surface area contributed by atoms with Crippen LogP contribution in [-0.2, 0) is 33.6 Å². The van der Waals surface area contributed by atoms with Crippen LogP contribution in [0.5, 0.6) is 0 Å². The van der Waals surface area contributed by atoms with E-state index in [4.69, 9.17) is 22.9 Å². The number of carboxylic acid groups (broad SMARTS) is 1. The smallest absolute Gasteiger partial charge is 0.326 e. The van der Waals surface area contributed by atoms with Gasteiger partial charge in [-0.25, -0.2) is 4.79 Å². The van der Waals surface area contributed by atoms with Gasteiger partial charge in [-0.3, -0.25) is 33.8 Å². The summed E-state index contributed by atoms with van der Waals surface area (Å²) in [6.45, 7) is 3.87. The molecule has 43 heavy (non-hydrogen) atoms. The molecular formula is C24H44N10O9. The first-order chi connectivity index (χ1) is 20.0. The Morgan fingerprint density at radius 3 is 1.84 bits per heavy atom. The van der Waals surface area contributed by atoms with Crippen LogP contribution < -0.4 is 49.5 Å². The second-order valence-electron chi connectivity index (χ2n) is 10.0. The van der Waals surface area contributed by atoms with Crippen molar-refractivity contribution >= 4 is 47.4 Å². The zero-order chi connectivity index (χ0) is 33.3. The van der Waals surface area contributed by atoms with Crippen molar-refractivity contribution in [1.29, 1.82) is 0 Å². The first kappa shape index (κ1) is 38.5. The molecule has 0 fully saturated rings. The van der Waals surface area contributed by atoms with Crippen LogP contribution in [0.2, 0.25) is 0 Å². The summed E-state index contributed by atoms with van der Waals surface area (Å²) in [6.07, 6.45) is -1.99. The number of aliphatic hydroxyl groups excluding tert-OH is 1. The van der Waals surface area contributed by atoms with Crippen molar-refractivity contribution in [2.75, 3.05) is 19.6 Å². The fourth-order valence-electron chi connectivity index (χ4n) is 3.56. The van der Waals surface area contributed by atoms with Gasteiger partial charge in [0, 0.05) is 6.54 Å². The number of aliphatic hydroxyl groups is 1. The number of nitrogens with one attached hydrogen (secondary N) is 5. The summed E-state index contributed by atoms with van der Waals surface area (Å²) in [5, 5.41) is 31.0. The van der Waals surface area contributed by atoms with Crippen molar-refractivity contribution in [3.05, 3.63) is 0 Å². The van der Waals surface area contributed by atoms with E-state index in [1.807, 2.05) is 0 Å². The molecule has 0 heterocycles. The molecule has 0 radical (unpaired) electrons. The third kappa shape index (κ3) is 16.5. The monoisotopic (exact) mass is 616 g/mol. The van der Waals surface area contributed by atoms with Crippen LogP contribution >= 0.6 is 0 Å². The summed E-state index contributed by atoms with van der Waals surface area (Å²) in [5.41, 5.74) is 20.9. The molecule has 0 aliphatic carbocycles. The molecule has 0 saturated heterocycles. The maximum absolute atomic E-state index is 13.2. The first-order valence-corrected chi connectivity index (χ1v) is 13.4. The molecule has 0 spiro atoms. The van der Waals surface area contributed by atoms with E-state index in [2.05, 4.69) is 31.6 Å². The van der Waals surface area contributed by atoms with Crippen LogP contribution in [0.15, 0.2) is 4.99 Å². The number of hydrogen-bond donors (Lipinski definition) is 11. The third-order valence-electron chi connectivity index (χ3n) is 5.65. The van der Waals surface area contributed by atoms with Gasteiger partial charge in [0.05, 0.1) is 25.6 Å². The van der Waals surface area contributed by atoms with E-state index in [0.717, 1.165) is 0 Å². The van der Waals surface area contributed by atoms with Gasteiger partial charge in [-0.05, 0) is 32.1 Å². The third-order valence-corrected chi connectivity index (χ3v) is 5.65. The van der Waals surface area contributed by atoms with Crippen molar-refractivity contribution in [3.63, 3.8) is 0 Å². The second-order valence-corrected chi connectivity index (χ2v) is 10.0. The fraction of sp³-hybridized carbons (Fsp3) is 0.667. The number of rotatable bonds is 20. The van der Waals surface area contributed by atoms with E-state index >= 15 is 0 Å². The molecule has 0 rings (SSSR count). The highest BCUT2D eigenvalue weighted by Gasteiger charge is 2.33. The molecule has 244 valence electrons. The quantitative estimate of drug-likeness (QED) is 0.0346. The first-order valence-electron chi connectivity index (χ1n) is 13.4. The largest absolute Gasteiger partial charge is 0.480 e. The summed E-state index contributed by atoms with van der Waals surface area (Å²) in [7, 11) is 0. The summed E-state index contributed by atoms with van der Waals surface area (Å²) in [4.78, 5) is 89.6. The molecule has 0 aromatic rings. The Balaban J connectivity index is 5.71. The highest BCUT2D eigenvalue weighted by Crippen LogP contribution is 2.08. The van der Waals surface area contributed by atoms with Gasteiger partial charge in [0.1, 0.15) is 24.2 Å². The molecule has 0 bridgehead atoms. The highest BCUT2D eigenvalue weighted by molar-refractivity contribution is 5.97. The van der Waals surface area contributed by atoms with Gasteiger partial charge in [0.15, 0.2) is 5.96 Å². The molecule has 0 saturated carbocycles. The van der Waals surface area contributed by atoms with Gasteiger partial charge in [-0.1, -0.05) is 13.8 Å². The van der Waals surface area contributed by atoms with E-state index in [9.17, 15) is 43.8 Å². The normalized spacial score (nSPS) is 14.2. The van der Waals surface area contributed by atoms with Crippen LogP contribution in [0.3, 0.4) is 0 Å². The Hall–Kier alpha value is -4.52. The number of nitrogens with zero attached hydrogens (tertiary/aromatic N) is 1. The van der Waals surface area contributed by atoms with Gasteiger partial charge >= 0.3 is 5.97 Å². The molecule has 6 amide bonds. The van der Waals surface area contributed by atoms with E-state index < -0.39 is 84.6 Å². The molecule has 19 heteroatoms. The average molecular weight is 617 g/mol. The molecule has 15 N–H and O–H groups in total.